The first-order valence-corrected chi connectivity index (χ1v) is 8.25. The third-order valence-corrected chi connectivity index (χ3v) is 4.28. The number of nitrogens with two attached hydrogens (primary N) is 1. The number of anilines is 2. The van der Waals surface area contributed by atoms with Crippen molar-refractivity contribution in [2.45, 2.75) is 0 Å². The molecule has 1 heterocycles. The molecule has 0 amide bonds. The summed E-state index contributed by atoms with van der Waals surface area (Å²) in [5.74, 6) is 1.37. The highest BCUT2D eigenvalue weighted by Crippen LogP contribution is 2.39. The van der Waals surface area contributed by atoms with E-state index in [4.69, 9.17) is 31.5 Å². The van der Waals surface area contributed by atoms with Gasteiger partial charge in [0.1, 0.15) is 5.75 Å². The smallest absolute Gasteiger partial charge is 0.231 e. The molecule has 0 aromatic heterocycles. The van der Waals surface area contributed by atoms with Crippen molar-refractivity contribution in [2.24, 2.45) is 0 Å². The van der Waals surface area contributed by atoms with Crippen LogP contribution in [0.4, 0.5) is 11.4 Å². The van der Waals surface area contributed by atoms with Gasteiger partial charge < -0.3 is 24.8 Å². The number of carbonyl (C=O) groups is 1. The van der Waals surface area contributed by atoms with Crippen LogP contribution in [0.2, 0.25) is 0 Å². The van der Waals surface area contributed by atoms with E-state index in [0.29, 0.717) is 34.1 Å². The fraction of sp³-hybridized carbons (Fsp3) is 0.211. The van der Waals surface area contributed by atoms with Gasteiger partial charge in [0.05, 0.1) is 23.5 Å². The van der Waals surface area contributed by atoms with Crippen molar-refractivity contribution in [3.05, 3.63) is 46.5 Å². The quantitative estimate of drug-likeness (QED) is 0.490. The van der Waals surface area contributed by atoms with Gasteiger partial charge in [-0.3, -0.25) is 4.79 Å². The Labute approximate surface area is 156 Å². The molecule has 0 bridgehead atoms. The van der Waals surface area contributed by atoms with Crippen molar-refractivity contribution in [1.29, 1.82) is 0 Å². The van der Waals surface area contributed by atoms with Crippen molar-refractivity contribution in [1.82, 2.24) is 0 Å². The van der Waals surface area contributed by atoms with E-state index >= 15 is 0 Å². The van der Waals surface area contributed by atoms with E-state index in [1.54, 1.807) is 36.4 Å². The summed E-state index contributed by atoms with van der Waals surface area (Å²) in [7, 11) is 5.29. The number of fused-ring (bicyclic) bond motifs is 1. The molecule has 136 valence electrons. The average molecular weight is 375 g/mol. The highest BCUT2D eigenvalue weighted by atomic mass is 35.5. The number of Topliss-reactive ketones (excluding diaryl/α,β-unsaturated/α-hetero) is 1. The molecule has 26 heavy (non-hydrogen) atoms. The van der Waals surface area contributed by atoms with E-state index < -0.39 is 0 Å². The minimum atomic E-state index is -0.330. The zero-order valence-corrected chi connectivity index (χ0v) is 15.5. The molecule has 1 aliphatic heterocycles. The minimum Gasteiger partial charge on any atom is -0.496 e. The molecule has 3 rings (SSSR count). The number of methoxy groups -OCH3 is 1. The molecule has 0 saturated heterocycles. The molecular formula is C19H19ClN2O4. The summed E-state index contributed by atoms with van der Waals surface area (Å²) in [4.78, 5) is 14.5. The Bertz CT molecular complexity index is 893. The second-order valence-corrected chi connectivity index (χ2v) is 6.34. The van der Waals surface area contributed by atoms with Crippen LogP contribution in [0, 0.1) is 0 Å². The van der Waals surface area contributed by atoms with Crippen LogP contribution in [0.25, 0.3) is 6.08 Å². The zero-order valence-electron chi connectivity index (χ0n) is 14.7. The molecule has 0 fully saturated rings. The number of ketones is 1. The van der Waals surface area contributed by atoms with E-state index in [9.17, 15) is 4.79 Å². The summed E-state index contributed by atoms with van der Waals surface area (Å²) in [5.41, 5.74) is 8.38. The van der Waals surface area contributed by atoms with Crippen LogP contribution in [0.1, 0.15) is 15.9 Å². The number of halogens is 1. The summed E-state index contributed by atoms with van der Waals surface area (Å²) in [6.07, 6.45) is 1.54. The predicted octanol–water partition coefficient (Wildman–Crippen LogP) is 3.53. The maximum Gasteiger partial charge on any atom is 0.231 e. The molecular weight excluding hydrogens is 356 g/mol. The van der Waals surface area contributed by atoms with Crippen LogP contribution >= 0.6 is 11.6 Å². The van der Waals surface area contributed by atoms with Crippen LogP contribution in [0.5, 0.6) is 17.2 Å². The molecule has 2 N–H and O–H groups in total. The van der Waals surface area contributed by atoms with Crippen LogP contribution in [-0.4, -0.2) is 33.8 Å². The lowest BCUT2D eigenvalue weighted by molar-refractivity contribution is 0.104. The lowest BCUT2D eigenvalue weighted by atomic mass is 10.1. The summed E-state index contributed by atoms with van der Waals surface area (Å²) in [6, 6.07) is 8.52. The Morgan fingerprint density at radius 1 is 1.23 bits per heavy atom. The van der Waals surface area contributed by atoms with Gasteiger partial charge in [-0.2, -0.15) is 0 Å². The van der Waals surface area contributed by atoms with E-state index in [0.717, 1.165) is 5.69 Å². The molecule has 0 spiro atoms. The van der Waals surface area contributed by atoms with Gasteiger partial charge in [0.25, 0.3) is 0 Å². The second kappa shape index (κ2) is 7.17. The number of hydrogen-bond donors (Lipinski definition) is 1. The van der Waals surface area contributed by atoms with Gasteiger partial charge >= 0.3 is 0 Å². The molecule has 7 heteroatoms. The summed E-state index contributed by atoms with van der Waals surface area (Å²) in [6.45, 7) is 0.149. The van der Waals surface area contributed by atoms with Crippen molar-refractivity contribution in [3.8, 4) is 17.2 Å². The van der Waals surface area contributed by atoms with Crippen LogP contribution in [0.15, 0.2) is 35.4 Å². The number of rotatable bonds is 5. The lowest BCUT2D eigenvalue weighted by Crippen LogP contribution is -2.12. The monoisotopic (exact) mass is 374 g/mol. The number of benzene rings is 2. The van der Waals surface area contributed by atoms with Crippen molar-refractivity contribution in [2.75, 3.05) is 38.6 Å². The SMILES string of the molecule is COc1cc2c(cc1/C=C(/Cl)C(=O)c1ccc(N(C)C)c(N)c1)OCO2. The van der Waals surface area contributed by atoms with E-state index in [1.165, 1.54) is 7.11 Å². The maximum atomic E-state index is 12.6. The number of hydrogen-bond acceptors (Lipinski definition) is 6. The molecule has 2 aromatic carbocycles. The fourth-order valence-corrected chi connectivity index (χ4v) is 2.90. The third-order valence-electron chi connectivity index (χ3n) is 4.00. The first-order valence-electron chi connectivity index (χ1n) is 7.87. The summed E-state index contributed by atoms with van der Waals surface area (Å²) in [5, 5.41) is 0.0409. The van der Waals surface area contributed by atoms with E-state index in [2.05, 4.69) is 0 Å². The second-order valence-electron chi connectivity index (χ2n) is 5.94. The standard InChI is InChI=1S/C19H19ClN2O4/c1-22(2)15-5-4-11(7-14(15)21)19(23)13(20)6-12-8-17-18(26-10-25-17)9-16(12)24-3/h4-9H,10,21H2,1-3H3/b13-6+. The van der Waals surface area contributed by atoms with Crippen LogP contribution in [-0.2, 0) is 0 Å². The number of allylic oxidation sites excluding steroid dienone is 1. The van der Waals surface area contributed by atoms with Gasteiger partial charge in [0, 0.05) is 31.3 Å². The van der Waals surface area contributed by atoms with Crippen molar-refractivity contribution < 1.29 is 19.0 Å². The molecule has 0 aliphatic carbocycles. The topological polar surface area (TPSA) is 74.0 Å². The molecule has 2 aromatic rings. The van der Waals surface area contributed by atoms with Gasteiger partial charge in [-0.05, 0) is 30.3 Å². The number of nitrogens with zero attached hydrogens (tertiary/aromatic N) is 1. The summed E-state index contributed by atoms with van der Waals surface area (Å²) < 4.78 is 16.0. The molecule has 1 aliphatic rings. The molecule has 0 radical (unpaired) electrons. The number of carbonyl (C=O) groups excluding carboxylic acids is 1. The maximum absolute atomic E-state index is 12.6. The first kappa shape index (κ1) is 17.9. The number of ether oxygens (including phenoxy) is 3. The molecule has 6 nitrogen and oxygen atoms in total. The van der Waals surface area contributed by atoms with Crippen molar-refractivity contribution >= 4 is 34.8 Å². The molecule has 0 unspecified atom stereocenters. The largest absolute Gasteiger partial charge is 0.496 e. The zero-order chi connectivity index (χ0) is 18.8. The first-order chi connectivity index (χ1) is 12.4. The average Bonchev–Trinajstić information content (AvgIpc) is 3.07. The highest BCUT2D eigenvalue weighted by Gasteiger charge is 2.19. The van der Waals surface area contributed by atoms with Gasteiger partial charge in [0.2, 0.25) is 12.6 Å². The van der Waals surface area contributed by atoms with Gasteiger partial charge in [-0.1, -0.05) is 11.6 Å². The Kier molecular flexibility index (Phi) is 4.95. The number of nitrogen functional groups attached to an aromatic ring is 1. The minimum absolute atomic E-state index is 0.0409. The van der Waals surface area contributed by atoms with Crippen LogP contribution < -0.4 is 24.8 Å². The predicted molar refractivity (Wildman–Crippen MR) is 102 cm³/mol. The molecule has 0 atom stereocenters. The summed E-state index contributed by atoms with van der Waals surface area (Å²) >= 11 is 6.27. The van der Waals surface area contributed by atoms with Gasteiger partial charge in [-0.15, -0.1) is 0 Å². The third kappa shape index (κ3) is 3.41. The fourth-order valence-electron chi connectivity index (χ4n) is 2.67. The van der Waals surface area contributed by atoms with Gasteiger partial charge in [-0.25, -0.2) is 0 Å². The normalized spacial score (nSPS) is 12.8. The van der Waals surface area contributed by atoms with Crippen molar-refractivity contribution in [3.63, 3.8) is 0 Å². The van der Waals surface area contributed by atoms with E-state index in [1.807, 2.05) is 19.0 Å². The molecule has 0 saturated carbocycles. The Morgan fingerprint density at radius 2 is 1.92 bits per heavy atom. The van der Waals surface area contributed by atoms with E-state index in [-0.39, 0.29) is 17.6 Å². The lowest BCUT2D eigenvalue weighted by Gasteiger charge is -2.15. The van der Waals surface area contributed by atoms with Crippen LogP contribution in [0.3, 0.4) is 0 Å². The highest BCUT2D eigenvalue weighted by molar-refractivity contribution is 6.47. The Morgan fingerprint density at radius 3 is 2.54 bits per heavy atom. The Hall–Kier alpha value is -2.86. The Balaban J connectivity index is 1.93. The van der Waals surface area contributed by atoms with Gasteiger partial charge in [0.15, 0.2) is 11.5 Å².